The Hall–Kier alpha value is -1.75. The van der Waals surface area contributed by atoms with Gasteiger partial charge >= 0.3 is 0 Å². The second-order valence-corrected chi connectivity index (χ2v) is 6.41. The minimum atomic E-state index is 0.0502. The summed E-state index contributed by atoms with van der Waals surface area (Å²) in [5.74, 6) is 1.16. The second kappa shape index (κ2) is 8.20. The van der Waals surface area contributed by atoms with E-state index in [2.05, 4.69) is 19.2 Å². The Morgan fingerprint density at radius 1 is 1.39 bits per heavy atom. The van der Waals surface area contributed by atoms with Gasteiger partial charge in [0.2, 0.25) is 5.91 Å². The molecule has 1 aromatic rings. The number of phenolic OH excluding ortho intramolecular Hbond substituents is 1. The number of amides is 1. The third kappa shape index (κ3) is 5.43. The summed E-state index contributed by atoms with van der Waals surface area (Å²) >= 11 is 0. The minimum Gasteiger partial charge on any atom is -0.504 e. The number of rotatable bonds is 9. The van der Waals surface area contributed by atoms with Crippen molar-refractivity contribution in [3.8, 4) is 11.5 Å². The Bertz CT molecular complexity index is 530. The first-order valence-electron chi connectivity index (χ1n) is 8.29. The van der Waals surface area contributed by atoms with Crippen molar-refractivity contribution in [3.63, 3.8) is 0 Å². The zero-order valence-corrected chi connectivity index (χ0v) is 14.2. The van der Waals surface area contributed by atoms with E-state index in [1.54, 1.807) is 18.2 Å². The number of carbonyl (C=O) groups is 1. The number of hydrogen-bond acceptors (Lipinski definition) is 4. The summed E-state index contributed by atoms with van der Waals surface area (Å²) in [6.45, 7) is 4.80. The number of epoxide rings is 1. The molecule has 128 valence electrons. The van der Waals surface area contributed by atoms with Gasteiger partial charge in [0.05, 0.1) is 19.3 Å². The van der Waals surface area contributed by atoms with Crippen LogP contribution in [0.2, 0.25) is 0 Å². The SMILES string of the molecule is COc1cc(CNC(=O)CCCC[C@@H]2O[C@H]2C(C)C)ccc1O. The number of unbranched alkanes of at least 4 members (excludes halogenated alkanes) is 1. The summed E-state index contributed by atoms with van der Waals surface area (Å²) in [6, 6.07) is 5.07. The zero-order chi connectivity index (χ0) is 16.8. The molecule has 0 unspecified atom stereocenters. The Balaban J connectivity index is 1.60. The van der Waals surface area contributed by atoms with Gasteiger partial charge in [0.1, 0.15) is 0 Å². The molecule has 0 aliphatic carbocycles. The first kappa shape index (κ1) is 17.6. The third-order valence-electron chi connectivity index (χ3n) is 4.16. The van der Waals surface area contributed by atoms with Crippen molar-refractivity contribution in [1.82, 2.24) is 5.32 Å². The Morgan fingerprint density at radius 2 is 2.17 bits per heavy atom. The van der Waals surface area contributed by atoms with E-state index in [4.69, 9.17) is 9.47 Å². The van der Waals surface area contributed by atoms with Crippen LogP contribution in [0.15, 0.2) is 18.2 Å². The molecule has 0 radical (unpaired) electrons. The molecule has 0 saturated carbocycles. The van der Waals surface area contributed by atoms with Crippen LogP contribution < -0.4 is 10.1 Å². The maximum Gasteiger partial charge on any atom is 0.220 e. The highest BCUT2D eigenvalue weighted by Gasteiger charge is 2.39. The highest BCUT2D eigenvalue weighted by molar-refractivity contribution is 5.75. The van der Waals surface area contributed by atoms with Gasteiger partial charge in [-0.2, -0.15) is 0 Å². The highest BCUT2D eigenvalue weighted by Crippen LogP contribution is 2.33. The lowest BCUT2D eigenvalue weighted by molar-refractivity contribution is -0.121. The topological polar surface area (TPSA) is 71.1 Å². The van der Waals surface area contributed by atoms with Crippen molar-refractivity contribution in [1.29, 1.82) is 0 Å². The lowest BCUT2D eigenvalue weighted by Crippen LogP contribution is -2.22. The van der Waals surface area contributed by atoms with Crippen LogP contribution in [0.1, 0.15) is 45.1 Å². The molecule has 1 aromatic carbocycles. The Morgan fingerprint density at radius 3 is 2.83 bits per heavy atom. The van der Waals surface area contributed by atoms with Gasteiger partial charge < -0.3 is 19.9 Å². The normalized spacial score (nSPS) is 19.7. The summed E-state index contributed by atoms with van der Waals surface area (Å²) < 4.78 is 10.6. The molecule has 1 amide bonds. The number of hydrogen-bond donors (Lipinski definition) is 2. The molecule has 2 rings (SSSR count). The summed E-state index contributed by atoms with van der Waals surface area (Å²) in [7, 11) is 1.50. The number of benzene rings is 1. The monoisotopic (exact) mass is 321 g/mol. The molecule has 0 aromatic heterocycles. The Labute approximate surface area is 138 Å². The summed E-state index contributed by atoms with van der Waals surface area (Å²) in [4.78, 5) is 11.8. The molecule has 0 bridgehead atoms. The van der Waals surface area contributed by atoms with Gasteiger partial charge in [-0.1, -0.05) is 26.3 Å². The molecule has 1 aliphatic rings. The van der Waals surface area contributed by atoms with Crippen LogP contribution in [0.4, 0.5) is 0 Å². The van der Waals surface area contributed by atoms with Crippen molar-refractivity contribution in [2.45, 2.75) is 58.3 Å². The van der Waals surface area contributed by atoms with E-state index in [1.165, 1.54) is 7.11 Å². The van der Waals surface area contributed by atoms with Crippen molar-refractivity contribution in [2.75, 3.05) is 7.11 Å². The van der Waals surface area contributed by atoms with Gasteiger partial charge in [-0.05, 0) is 36.5 Å². The predicted molar refractivity (Wildman–Crippen MR) is 88.5 cm³/mol. The molecular weight excluding hydrogens is 294 g/mol. The summed E-state index contributed by atoms with van der Waals surface area (Å²) in [5, 5.41) is 12.4. The van der Waals surface area contributed by atoms with E-state index < -0.39 is 0 Å². The lowest BCUT2D eigenvalue weighted by atomic mass is 10.0. The zero-order valence-electron chi connectivity index (χ0n) is 14.2. The van der Waals surface area contributed by atoms with E-state index in [9.17, 15) is 9.90 Å². The first-order valence-corrected chi connectivity index (χ1v) is 8.29. The van der Waals surface area contributed by atoms with Gasteiger partial charge in [0, 0.05) is 13.0 Å². The maximum atomic E-state index is 11.8. The van der Waals surface area contributed by atoms with Crippen molar-refractivity contribution in [2.24, 2.45) is 5.92 Å². The number of aromatic hydroxyl groups is 1. The largest absolute Gasteiger partial charge is 0.504 e. The van der Waals surface area contributed by atoms with Crippen molar-refractivity contribution >= 4 is 5.91 Å². The van der Waals surface area contributed by atoms with Crippen molar-refractivity contribution in [3.05, 3.63) is 23.8 Å². The first-order chi connectivity index (χ1) is 11.0. The summed E-state index contributed by atoms with van der Waals surface area (Å²) in [6.07, 6.45) is 4.32. The third-order valence-corrected chi connectivity index (χ3v) is 4.16. The van der Waals surface area contributed by atoms with Gasteiger partial charge in [0.25, 0.3) is 0 Å². The van der Waals surface area contributed by atoms with Gasteiger partial charge in [-0.25, -0.2) is 0 Å². The maximum absolute atomic E-state index is 11.8. The molecule has 1 aliphatic heterocycles. The average molecular weight is 321 g/mol. The van der Waals surface area contributed by atoms with Crippen LogP contribution in [0.3, 0.4) is 0 Å². The fourth-order valence-electron chi connectivity index (χ4n) is 2.73. The molecule has 2 atom stereocenters. The predicted octanol–water partition coefficient (Wildman–Crippen LogP) is 3.00. The van der Waals surface area contributed by atoms with Gasteiger partial charge in [-0.15, -0.1) is 0 Å². The van der Waals surface area contributed by atoms with Crippen LogP contribution in [0, 0.1) is 5.92 Å². The second-order valence-electron chi connectivity index (χ2n) is 6.41. The Kier molecular flexibility index (Phi) is 6.28. The lowest BCUT2D eigenvalue weighted by Gasteiger charge is -2.08. The number of phenols is 1. The van der Waals surface area contributed by atoms with E-state index >= 15 is 0 Å². The highest BCUT2D eigenvalue weighted by atomic mass is 16.6. The smallest absolute Gasteiger partial charge is 0.220 e. The fourth-order valence-corrected chi connectivity index (χ4v) is 2.73. The fraction of sp³-hybridized carbons (Fsp3) is 0.611. The van der Waals surface area contributed by atoms with Crippen LogP contribution in [0.5, 0.6) is 11.5 Å². The average Bonchev–Trinajstić information content (AvgIpc) is 3.30. The molecule has 2 N–H and O–H groups in total. The minimum absolute atomic E-state index is 0.0502. The van der Waals surface area contributed by atoms with Gasteiger partial charge in [-0.3, -0.25) is 4.79 Å². The van der Waals surface area contributed by atoms with E-state index in [0.29, 0.717) is 36.8 Å². The molecule has 23 heavy (non-hydrogen) atoms. The van der Waals surface area contributed by atoms with Crippen LogP contribution >= 0.6 is 0 Å². The number of ether oxygens (including phenoxy) is 2. The molecule has 1 heterocycles. The molecule has 5 nitrogen and oxygen atoms in total. The molecule has 5 heteroatoms. The van der Waals surface area contributed by atoms with Crippen LogP contribution in [-0.4, -0.2) is 30.3 Å². The van der Waals surface area contributed by atoms with E-state index in [1.807, 2.05) is 0 Å². The number of methoxy groups -OCH3 is 1. The molecular formula is C18H27NO4. The summed E-state index contributed by atoms with van der Waals surface area (Å²) in [5.41, 5.74) is 0.902. The van der Waals surface area contributed by atoms with Crippen LogP contribution in [0.25, 0.3) is 0 Å². The van der Waals surface area contributed by atoms with Gasteiger partial charge in [0.15, 0.2) is 11.5 Å². The molecule has 1 saturated heterocycles. The quantitative estimate of drug-likeness (QED) is 0.542. The standard InChI is InChI=1S/C18H27NO4/c1-12(2)18-15(23-18)6-4-5-7-17(21)19-11-13-8-9-14(20)16(10-13)22-3/h8-10,12,15,18,20H,4-7,11H2,1-3H3,(H,19,21)/t15-,18-/m0/s1. The molecule has 1 fully saturated rings. The van der Waals surface area contributed by atoms with E-state index in [-0.39, 0.29) is 11.7 Å². The number of nitrogens with one attached hydrogen (secondary N) is 1. The van der Waals surface area contributed by atoms with Crippen molar-refractivity contribution < 1.29 is 19.4 Å². The van der Waals surface area contributed by atoms with Crippen LogP contribution in [-0.2, 0) is 16.1 Å². The molecule has 0 spiro atoms. The number of carbonyl (C=O) groups excluding carboxylic acids is 1. The van der Waals surface area contributed by atoms with E-state index in [0.717, 1.165) is 24.8 Å².